The van der Waals surface area contributed by atoms with Crippen molar-refractivity contribution in [3.8, 4) is 22.8 Å². The van der Waals surface area contributed by atoms with Gasteiger partial charge in [-0.1, -0.05) is 53.7 Å². The molecule has 2 N–H and O–H groups in total. The predicted molar refractivity (Wildman–Crippen MR) is 119 cm³/mol. The first-order chi connectivity index (χ1) is 15.0. The second kappa shape index (κ2) is 9.20. The number of halogens is 2. The maximum absolute atomic E-state index is 13.3. The molecule has 0 spiro atoms. The molecule has 0 radical (unpaired) electrons. The van der Waals surface area contributed by atoms with Crippen LogP contribution in [0.2, 0.25) is 5.02 Å². The highest BCUT2D eigenvalue weighted by atomic mass is 35.5. The van der Waals surface area contributed by atoms with E-state index in [1.807, 2.05) is 30.3 Å². The number of thioether (sulfide) groups is 1. The molecule has 0 atom stereocenters. The van der Waals surface area contributed by atoms with Gasteiger partial charge in [0.05, 0.1) is 16.3 Å². The maximum atomic E-state index is 13.3. The molecule has 31 heavy (non-hydrogen) atoms. The Labute approximate surface area is 186 Å². The average molecular weight is 455 g/mol. The summed E-state index contributed by atoms with van der Waals surface area (Å²) in [5, 5.41) is 21.9. The van der Waals surface area contributed by atoms with Crippen LogP contribution in [0.15, 0.2) is 78.0 Å². The van der Waals surface area contributed by atoms with Crippen LogP contribution in [0.4, 0.5) is 10.1 Å². The lowest BCUT2D eigenvalue weighted by Gasteiger charge is -2.11. The Morgan fingerprint density at radius 1 is 1.06 bits per heavy atom. The van der Waals surface area contributed by atoms with Crippen molar-refractivity contribution in [1.82, 2.24) is 14.8 Å². The zero-order chi connectivity index (χ0) is 21.8. The standard InChI is InChI=1S/C22H16ClFN4O2S/c23-17-12-14(10-11-18(17)24)25-20(30)13-31-22-27-26-21(16-8-4-5-9-19(16)29)28(22)15-6-2-1-3-7-15/h1-12,29H,13H2,(H,25,30). The number of benzene rings is 3. The summed E-state index contributed by atoms with van der Waals surface area (Å²) < 4.78 is 15.1. The van der Waals surface area contributed by atoms with Gasteiger partial charge in [0.15, 0.2) is 11.0 Å². The number of anilines is 1. The molecule has 1 amide bonds. The van der Waals surface area contributed by atoms with Crippen LogP contribution in [0.1, 0.15) is 0 Å². The number of hydrogen-bond donors (Lipinski definition) is 2. The molecule has 3 aromatic carbocycles. The first-order valence-electron chi connectivity index (χ1n) is 9.20. The molecular formula is C22H16ClFN4O2S. The zero-order valence-corrected chi connectivity index (χ0v) is 17.6. The molecule has 0 aliphatic rings. The molecule has 0 bridgehead atoms. The van der Waals surface area contributed by atoms with Gasteiger partial charge in [-0.3, -0.25) is 9.36 Å². The highest BCUT2D eigenvalue weighted by Crippen LogP contribution is 2.32. The minimum Gasteiger partial charge on any atom is -0.507 e. The highest BCUT2D eigenvalue weighted by molar-refractivity contribution is 7.99. The molecule has 1 aromatic heterocycles. The lowest BCUT2D eigenvalue weighted by molar-refractivity contribution is -0.113. The number of rotatable bonds is 6. The summed E-state index contributed by atoms with van der Waals surface area (Å²) in [6.07, 6.45) is 0. The van der Waals surface area contributed by atoms with Crippen molar-refractivity contribution in [2.45, 2.75) is 5.16 Å². The van der Waals surface area contributed by atoms with Crippen LogP contribution >= 0.6 is 23.4 Å². The van der Waals surface area contributed by atoms with Gasteiger partial charge in [0.1, 0.15) is 11.6 Å². The first kappa shape index (κ1) is 20.9. The minimum atomic E-state index is -0.554. The van der Waals surface area contributed by atoms with Crippen LogP contribution < -0.4 is 5.32 Å². The highest BCUT2D eigenvalue weighted by Gasteiger charge is 2.19. The summed E-state index contributed by atoms with van der Waals surface area (Å²) in [4.78, 5) is 12.4. The van der Waals surface area contributed by atoms with Gasteiger partial charge in [-0.2, -0.15) is 0 Å². The van der Waals surface area contributed by atoms with Crippen molar-refractivity contribution in [1.29, 1.82) is 0 Å². The van der Waals surface area contributed by atoms with Crippen LogP contribution in [0.25, 0.3) is 17.1 Å². The fraction of sp³-hybridized carbons (Fsp3) is 0.0455. The Hall–Kier alpha value is -3.36. The molecule has 156 valence electrons. The van der Waals surface area contributed by atoms with Gasteiger partial charge in [-0.15, -0.1) is 10.2 Å². The molecule has 0 saturated carbocycles. The van der Waals surface area contributed by atoms with Gasteiger partial charge < -0.3 is 10.4 Å². The smallest absolute Gasteiger partial charge is 0.234 e. The van der Waals surface area contributed by atoms with Crippen LogP contribution in [0.3, 0.4) is 0 Å². The quantitative estimate of drug-likeness (QED) is 0.393. The predicted octanol–water partition coefficient (Wildman–Crippen LogP) is 5.16. The SMILES string of the molecule is O=C(CSc1nnc(-c2ccccc2O)n1-c1ccccc1)Nc1ccc(F)c(Cl)c1. The third-order valence-electron chi connectivity index (χ3n) is 4.33. The van der Waals surface area contributed by atoms with Crippen molar-refractivity contribution in [2.75, 3.05) is 11.1 Å². The van der Waals surface area contributed by atoms with Crippen molar-refractivity contribution < 1.29 is 14.3 Å². The maximum Gasteiger partial charge on any atom is 0.234 e. The summed E-state index contributed by atoms with van der Waals surface area (Å²) in [5.41, 5.74) is 1.71. The van der Waals surface area contributed by atoms with E-state index < -0.39 is 5.82 Å². The molecule has 0 unspecified atom stereocenters. The van der Waals surface area contributed by atoms with Crippen molar-refractivity contribution in [3.63, 3.8) is 0 Å². The Balaban J connectivity index is 1.59. The Kier molecular flexibility index (Phi) is 6.20. The van der Waals surface area contributed by atoms with Crippen molar-refractivity contribution in [2.24, 2.45) is 0 Å². The number of phenols is 1. The van der Waals surface area contributed by atoms with Crippen LogP contribution in [0, 0.1) is 5.82 Å². The first-order valence-corrected chi connectivity index (χ1v) is 10.6. The van der Waals surface area contributed by atoms with Crippen molar-refractivity contribution >= 4 is 35.0 Å². The third kappa shape index (κ3) is 4.70. The molecule has 9 heteroatoms. The number of phenolic OH excluding ortho intramolecular Hbond substituents is 1. The van der Waals surface area contributed by atoms with Gasteiger partial charge in [0.2, 0.25) is 5.91 Å². The van der Waals surface area contributed by atoms with E-state index in [2.05, 4.69) is 15.5 Å². The second-order valence-corrected chi connectivity index (χ2v) is 7.81. The summed E-state index contributed by atoms with van der Waals surface area (Å²) in [5.74, 6) is -0.283. The number of amides is 1. The summed E-state index contributed by atoms with van der Waals surface area (Å²) in [7, 11) is 0. The van der Waals surface area contributed by atoms with Gasteiger partial charge in [-0.25, -0.2) is 4.39 Å². The molecule has 6 nitrogen and oxygen atoms in total. The van der Waals surface area contributed by atoms with Gasteiger partial charge in [0, 0.05) is 11.4 Å². The van der Waals surface area contributed by atoms with E-state index in [4.69, 9.17) is 11.6 Å². The van der Waals surface area contributed by atoms with Gasteiger partial charge in [0.25, 0.3) is 0 Å². The largest absolute Gasteiger partial charge is 0.507 e. The zero-order valence-electron chi connectivity index (χ0n) is 16.0. The molecule has 1 heterocycles. The van der Waals surface area contributed by atoms with Crippen LogP contribution in [-0.2, 0) is 4.79 Å². The fourth-order valence-corrected chi connectivity index (χ4v) is 3.84. The molecule has 0 saturated heterocycles. The Bertz CT molecular complexity index is 1230. The molecule has 0 aliphatic carbocycles. The number of nitrogens with zero attached hydrogens (tertiary/aromatic N) is 3. The monoisotopic (exact) mass is 454 g/mol. The normalized spacial score (nSPS) is 10.8. The van der Waals surface area contributed by atoms with Gasteiger partial charge in [-0.05, 0) is 42.5 Å². The topological polar surface area (TPSA) is 80.0 Å². The van der Waals surface area contributed by atoms with E-state index in [9.17, 15) is 14.3 Å². The molecule has 0 fully saturated rings. The van der Waals surface area contributed by atoms with E-state index >= 15 is 0 Å². The third-order valence-corrected chi connectivity index (χ3v) is 5.55. The van der Waals surface area contributed by atoms with Gasteiger partial charge >= 0.3 is 0 Å². The molecule has 4 rings (SSSR count). The number of aromatic nitrogens is 3. The average Bonchev–Trinajstić information content (AvgIpc) is 3.19. The van der Waals surface area contributed by atoms with E-state index in [0.29, 0.717) is 22.2 Å². The summed E-state index contributed by atoms with van der Waals surface area (Å²) >= 11 is 6.95. The Morgan fingerprint density at radius 2 is 1.81 bits per heavy atom. The lowest BCUT2D eigenvalue weighted by atomic mass is 10.2. The number of para-hydroxylation sites is 2. The number of aromatic hydroxyl groups is 1. The van der Waals surface area contributed by atoms with E-state index in [-0.39, 0.29) is 22.4 Å². The minimum absolute atomic E-state index is 0.0424. The van der Waals surface area contributed by atoms with E-state index in [1.54, 1.807) is 28.8 Å². The number of hydrogen-bond acceptors (Lipinski definition) is 5. The second-order valence-electron chi connectivity index (χ2n) is 6.46. The van der Waals surface area contributed by atoms with E-state index in [1.165, 1.54) is 30.0 Å². The number of nitrogens with one attached hydrogen (secondary N) is 1. The molecule has 0 aliphatic heterocycles. The Morgan fingerprint density at radius 3 is 2.55 bits per heavy atom. The van der Waals surface area contributed by atoms with E-state index in [0.717, 1.165) is 5.69 Å². The number of carbonyl (C=O) groups excluding carboxylic acids is 1. The number of carbonyl (C=O) groups is 1. The van der Waals surface area contributed by atoms with Crippen LogP contribution in [0.5, 0.6) is 5.75 Å². The van der Waals surface area contributed by atoms with Crippen molar-refractivity contribution in [3.05, 3.63) is 83.6 Å². The molecular weight excluding hydrogens is 439 g/mol. The summed E-state index contributed by atoms with van der Waals surface area (Å²) in [6.45, 7) is 0. The van der Waals surface area contributed by atoms with Crippen LogP contribution in [-0.4, -0.2) is 31.5 Å². The molecule has 4 aromatic rings. The lowest BCUT2D eigenvalue weighted by Crippen LogP contribution is -2.14. The fourth-order valence-electron chi connectivity index (χ4n) is 2.91. The summed E-state index contributed by atoms with van der Waals surface area (Å²) in [6, 6.07) is 20.2.